The van der Waals surface area contributed by atoms with E-state index in [1.54, 1.807) is 17.5 Å². The van der Waals surface area contributed by atoms with Gasteiger partial charge in [0.1, 0.15) is 4.88 Å². The van der Waals surface area contributed by atoms with Crippen LogP contribution in [-0.4, -0.2) is 22.0 Å². The number of carbonyl (C=O) groups excluding carboxylic acids is 1. The van der Waals surface area contributed by atoms with E-state index in [1.165, 1.54) is 11.3 Å². The molecule has 0 aromatic carbocycles. The molecular formula is C13H14N2O3S2. The predicted molar refractivity (Wildman–Crippen MR) is 80.0 cm³/mol. The number of amides is 1. The normalized spacial score (nSPS) is 11.3. The number of thiazole rings is 1. The van der Waals surface area contributed by atoms with Gasteiger partial charge in [0, 0.05) is 5.41 Å². The van der Waals surface area contributed by atoms with Gasteiger partial charge in [-0.2, -0.15) is 0 Å². The summed E-state index contributed by atoms with van der Waals surface area (Å²) < 4.78 is 0. The number of rotatable bonds is 3. The van der Waals surface area contributed by atoms with Crippen molar-refractivity contribution in [3.8, 4) is 0 Å². The fourth-order valence-electron chi connectivity index (χ4n) is 1.59. The van der Waals surface area contributed by atoms with Crippen molar-refractivity contribution >= 4 is 39.7 Å². The van der Waals surface area contributed by atoms with E-state index in [0.717, 1.165) is 11.3 Å². The van der Waals surface area contributed by atoms with Crippen LogP contribution in [-0.2, 0) is 5.41 Å². The molecule has 0 spiro atoms. The highest BCUT2D eigenvalue weighted by Crippen LogP contribution is 2.32. The van der Waals surface area contributed by atoms with Crippen LogP contribution in [0, 0.1) is 0 Å². The van der Waals surface area contributed by atoms with E-state index < -0.39 is 11.4 Å². The van der Waals surface area contributed by atoms with Crippen LogP contribution in [0.4, 0.5) is 5.13 Å². The zero-order valence-corrected chi connectivity index (χ0v) is 12.9. The molecule has 2 aromatic heterocycles. The van der Waals surface area contributed by atoms with Crippen LogP contribution in [0.15, 0.2) is 17.5 Å². The number of carbonyl (C=O) groups is 2. The number of hydrogen-bond donors (Lipinski definition) is 2. The minimum Gasteiger partial charge on any atom is -0.477 e. The first-order valence-electron chi connectivity index (χ1n) is 5.88. The van der Waals surface area contributed by atoms with Gasteiger partial charge in [-0.3, -0.25) is 10.1 Å². The highest BCUT2D eigenvalue weighted by molar-refractivity contribution is 7.18. The summed E-state index contributed by atoms with van der Waals surface area (Å²) in [5, 5.41) is 14.0. The molecule has 2 N–H and O–H groups in total. The van der Waals surface area contributed by atoms with Crippen LogP contribution in [0.2, 0.25) is 0 Å². The SMILES string of the molecule is CC(C)(C)c1nc(NC(=O)c2cccs2)sc1C(=O)O. The van der Waals surface area contributed by atoms with E-state index in [4.69, 9.17) is 0 Å². The lowest BCUT2D eigenvalue weighted by molar-refractivity contribution is 0.0699. The fourth-order valence-corrected chi connectivity index (χ4v) is 3.22. The molecule has 0 aliphatic heterocycles. The highest BCUT2D eigenvalue weighted by Gasteiger charge is 2.27. The molecule has 0 aliphatic carbocycles. The second-order valence-corrected chi connectivity index (χ2v) is 7.13. The third-order valence-corrected chi connectivity index (χ3v) is 4.32. The molecule has 0 fully saturated rings. The summed E-state index contributed by atoms with van der Waals surface area (Å²) >= 11 is 2.30. The Morgan fingerprint density at radius 3 is 2.50 bits per heavy atom. The molecular weight excluding hydrogens is 296 g/mol. The van der Waals surface area contributed by atoms with Crippen molar-refractivity contribution < 1.29 is 14.7 Å². The molecule has 0 unspecified atom stereocenters. The number of aromatic nitrogens is 1. The Kier molecular flexibility index (Phi) is 3.92. The van der Waals surface area contributed by atoms with Crippen molar-refractivity contribution in [3.05, 3.63) is 33.0 Å². The standard InChI is InChI=1S/C13H14N2O3S2/c1-13(2,3)9-8(11(17)18)20-12(14-9)15-10(16)7-5-4-6-19-7/h4-6H,1-3H3,(H,17,18)(H,14,15,16). The van der Waals surface area contributed by atoms with Crippen LogP contribution in [0.1, 0.15) is 45.8 Å². The molecule has 5 nitrogen and oxygen atoms in total. The van der Waals surface area contributed by atoms with Crippen molar-refractivity contribution in [2.75, 3.05) is 5.32 Å². The maximum Gasteiger partial charge on any atom is 0.347 e. The van der Waals surface area contributed by atoms with Gasteiger partial charge < -0.3 is 5.11 Å². The molecule has 0 radical (unpaired) electrons. The van der Waals surface area contributed by atoms with Crippen LogP contribution in [0.5, 0.6) is 0 Å². The van der Waals surface area contributed by atoms with E-state index in [9.17, 15) is 14.7 Å². The zero-order valence-electron chi connectivity index (χ0n) is 11.3. The fraction of sp³-hybridized carbons (Fsp3) is 0.308. The van der Waals surface area contributed by atoms with Crippen LogP contribution in [0.3, 0.4) is 0 Å². The number of hydrogen-bond acceptors (Lipinski definition) is 5. The Bertz CT molecular complexity index is 639. The third kappa shape index (κ3) is 3.05. The van der Waals surface area contributed by atoms with Gasteiger partial charge in [-0.1, -0.05) is 38.2 Å². The molecule has 2 rings (SSSR count). The lowest BCUT2D eigenvalue weighted by atomic mass is 9.91. The van der Waals surface area contributed by atoms with Gasteiger partial charge in [0.25, 0.3) is 5.91 Å². The second-order valence-electron chi connectivity index (χ2n) is 5.18. The molecule has 2 aromatic rings. The average Bonchev–Trinajstić information content (AvgIpc) is 2.96. The molecule has 106 valence electrons. The van der Waals surface area contributed by atoms with Crippen molar-refractivity contribution in [1.29, 1.82) is 0 Å². The summed E-state index contributed by atoms with van der Waals surface area (Å²) in [7, 11) is 0. The van der Waals surface area contributed by atoms with Gasteiger partial charge in [-0.25, -0.2) is 9.78 Å². The molecule has 7 heteroatoms. The number of thiophene rings is 1. The predicted octanol–water partition coefficient (Wildman–Crippen LogP) is 3.45. The van der Waals surface area contributed by atoms with Gasteiger partial charge in [0.15, 0.2) is 5.13 Å². The Balaban J connectivity index is 2.30. The minimum absolute atomic E-state index is 0.166. The summed E-state index contributed by atoms with van der Waals surface area (Å²) in [6.07, 6.45) is 0. The third-order valence-electron chi connectivity index (χ3n) is 2.50. The number of carboxylic acid groups (broad SMARTS) is 1. The first-order valence-corrected chi connectivity index (χ1v) is 7.58. The Hall–Kier alpha value is -1.73. The van der Waals surface area contributed by atoms with E-state index in [2.05, 4.69) is 10.3 Å². The van der Waals surface area contributed by atoms with Crippen molar-refractivity contribution in [2.45, 2.75) is 26.2 Å². The molecule has 20 heavy (non-hydrogen) atoms. The molecule has 0 saturated carbocycles. The molecule has 0 aliphatic rings. The van der Waals surface area contributed by atoms with E-state index in [0.29, 0.717) is 15.7 Å². The van der Waals surface area contributed by atoms with Gasteiger partial charge in [0.05, 0.1) is 10.6 Å². The summed E-state index contributed by atoms with van der Waals surface area (Å²) in [6.45, 7) is 5.66. The lowest BCUT2D eigenvalue weighted by Crippen LogP contribution is -2.16. The van der Waals surface area contributed by atoms with Crippen molar-refractivity contribution in [2.24, 2.45) is 0 Å². The van der Waals surface area contributed by atoms with E-state index in [-0.39, 0.29) is 10.8 Å². The maximum atomic E-state index is 11.9. The summed E-state index contributed by atoms with van der Waals surface area (Å²) in [5.74, 6) is -1.30. The first kappa shape index (κ1) is 14.7. The van der Waals surface area contributed by atoms with Crippen LogP contribution < -0.4 is 5.32 Å². The number of carboxylic acids is 1. The van der Waals surface area contributed by atoms with Crippen LogP contribution in [0.25, 0.3) is 0 Å². The summed E-state index contributed by atoms with van der Waals surface area (Å²) in [4.78, 5) is 28.2. The van der Waals surface area contributed by atoms with Gasteiger partial charge in [-0.05, 0) is 11.4 Å². The highest BCUT2D eigenvalue weighted by atomic mass is 32.1. The van der Waals surface area contributed by atoms with Crippen molar-refractivity contribution in [3.63, 3.8) is 0 Å². The molecule has 1 amide bonds. The molecule has 0 saturated heterocycles. The molecule has 0 atom stereocenters. The molecule has 2 heterocycles. The number of nitrogens with zero attached hydrogens (tertiary/aromatic N) is 1. The van der Waals surface area contributed by atoms with E-state index >= 15 is 0 Å². The topological polar surface area (TPSA) is 79.3 Å². The average molecular weight is 310 g/mol. The second kappa shape index (κ2) is 5.34. The smallest absolute Gasteiger partial charge is 0.347 e. The largest absolute Gasteiger partial charge is 0.477 e. The first-order chi connectivity index (χ1) is 9.29. The van der Waals surface area contributed by atoms with Crippen molar-refractivity contribution in [1.82, 2.24) is 4.98 Å². The van der Waals surface area contributed by atoms with Gasteiger partial charge in [-0.15, -0.1) is 11.3 Å². The van der Waals surface area contributed by atoms with E-state index in [1.807, 2.05) is 20.8 Å². The van der Waals surface area contributed by atoms with Crippen LogP contribution >= 0.6 is 22.7 Å². The Morgan fingerprint density at radius 1 is 1.35 bits per heavy atom. The zero-order chi connectivity index (χ0) is 14.9. The molecule has 0 bridgehead atoms. The lowest BCUT2D eigenvalue weighted by Gasteiger charge is -2.15. The maximum absolute atomic E-state index is 11.9. The minimum atomic E-state index is -1.02. The number of aromatic carboxylic acids is 1. The number of anilines is 1. The Labute approximate surface area is 124 Å². The summed E-state index contributed by atoms with van der Waals surface area (Å²) in [5.41, 5.74) is 0.0901. The Morgan fingerprint density at radius 2 is 2.05 bits per heavy atom. The quantitative estimate of drug-likeness (QED) is 0.910. The monoisotopic (exact) mass is 310 g/mol. The van der Waals surface area contributed by atoms with Gasteiger partial charge in [0.2, 0.25) is 0 Å². The number of nitrogens with one attached hydrogen (secondary N) is 1. The summed E-state index contributed by atoms with van der Waals surface area (Å²) in [6, 6.07) is 3.49. The van der Waals surface area contributed by atoms with Gasteiger partial charge >= 0.3 is 5.97 Å².